The maximum absolute atomic E-state index is 12.4. The standard InChI is InChI=1S/C18H26N2O2/c21-18(19-16-9-12-22-13-10-16)14-20-11-5-1-2-6-15-7-3-4-8-17(15)20/h3-4,7-8,16H,1-2,5-6,9-14H2,(H,19,21). The van der Waals surface area contributed by atoms with Gasteiger partial charge in [-0.15, -0.1) is 0 Å². The van der Waals surface area contributed by atoms with Crippen LogP contribution >= 0.6 is 0 Å². The monoisotopic (exact) mass is 302 g/mol. The molecule has 0 spiro atoms. The SMILES string of the molecule is O=C(CN1CCCCCc2ccccc21)NC1CCOCC1. The van der Waals surface area contributed by atoms with Crippen LogP contribution in [0.15, 0.2) is 24.3 Å². The maximum atomic E-state index is 12.4. The van der Waals surface area contributed by atoms with Gasteiger partial charge in [-0.05, 0) is 43.7 Å². The van der Waals surface area contributed by atoms with Gasteiger partial charge in [-0.2, -0.15) is 0 Å². The van der Waals surface area contributed by atoms with Gasteiger partial charge >= 0.3 is 0 Å². The van der Waals surface area contributed by atoms with Crippen molar-refractivity contribution in [2.24, 2.45) is 0 Å². The molecule has 1 fully saturated rings. The van der Waals surface area contributed by atoms with E-state index < -0.39 is 0 Å². The predicted molar refractivity (Wildman–Crippen MR) is 88.2 cm³/mol. The van der Waals surface area contributed by atoms with Crippen LogP contribution in [0.1, 0.15) is 37.7 Å². The third-order valence-corrected chi connectivity index (χ3v) is 4.63. The maximum Gasteiger partial charge on any atom is 0.239 e. The molecule has 0 saturated carbocycles. The second kappa shape index (κ2) is 7.63. The first-order valence-electron chi connectivity index (χ1n) is 8.53. The lowest BCUT2D eigenvalue weighted by atomic mass is 10.0. The van der Waals surface area contributed by atoms with Crippen molar-refractivity contribution in [3.8, 4) is 0 Å². The molecule has 0 aliphatic carbocycles. The topological polar surface area (TPSA) is 41.6 Å². The van der Waals surface area contributed by atoms with E-state index in [1.54, 1.807) is 0 Å². The molecular weight excluding hydrogens is 276 g/mol. The Balaban J connectivity index is 1.64. The van der Waals surface area contributed by atoms with Crippen molar-refractivity contribution in [2.75, 3.05) is 31.2 Å². The largest absolute Gasteiger partial charge is 0.381 e. The van der Waals surface area contributed by atoms with Crippen LogP contribution < -0.4 is 10.2 Å². The number of anilines is 1. The van der Waals surface area contributed by atoms with Crippen molar-refractivity contribution in [2.45, 2.75) is 44.6 Å². The number of hydrogen-bond acceptors (Lipinski definition) is 3. The fraction of sp³-hybridized carbons (Fsp3) is 0.611. The molecule has 3 rings (SSSR count). The zero-order valence-corrected chi connectivity index (χ0v) is 13.2. The van der Waals surface area contributed by atoms with Gasteiger partial charge in [-0.25, -0.2) is 0 Å². The number of amides is 1. The first-order valence-corrected chi connectivity index (χ1v) is 8.53. The van der Waals surface area contributed by atoms with Crippen LogP contribution in [0.5, 0.6) is 0 Å². The Morgan fingerprint density at radius 3 is 2.86 bits per heavy atom. The molecule has 0 unspecified atom stereocenters. The molecule has 2 aliphatic rings. The molecule has 2 aliphatic heterocycles. The highest BCUT2D eigenvalue weighted by Gasteiger charge is 2.20. The number of fused-ring (bicyclic) bond motifs is 1. The Morgan fingerprint density at radius 1 is 1.18 bits per heavy atom. The van der Waals surface area contributed by atoms with Crippen LogP contribution in [0.2, 0.25) is 0 Å². The van der Waals surface area contributed by atoms with Gasteiger partial charge in [0.05, 0.1) is 6.54 Å². The third kappa shape index (κ3) is 4.01. The fourth-order valence-electron chi connectivity index (χ4n) is 3.40. The van der Waals surface area contributed by atoms with Crippen molar-refractivity contribution >= 4 is 11.6 Å². The second-order valence-electron chi connectivity index (χ2n) is 6.32. The molecule has 0 bridgehead atoms. The minimum atomic E-state index is 0.141. The number of ether oxygens (including phenoxy) is 1. The van der Waals surface area contributed by atoms with Crippen molar-refractivity contribution < 1.29 is 9.53 Å². The number of carbonyl (C=O) groups is 1. The van der Waals surface area contributed by atoms with Crippen molar-refractivity contribution in [3.05, 3.63) is 29.8 Å². The van der Waals surface area contributed by atoms with E-state index in [1.807, 2.05) is 0 Å². The van der Waals surface area contributed by atoms with Crippen LogP contribution in [0.3, 0.4) is 0 Å². The summed E-state index contributed by atoms with van der Waals surface area (Å²) in [4.78, 5) is 14.6. The highest BCUT2D eigenvalue weighted by molar-refractivity contribution is 5.82. The van der Waals surface area contributed by atoms with E-state index in [2.05, 4.69) is 34.5 Å². The fourth-order valence-corrected chi connectivity index (χ4v) is 3.40. The smallest absolute Gasteiger partial charge is 0.239 e. The molecule has 1 aromatic rings. The van der Waals surface area contributed by atoms with Crippen LogP contribution in [0.25, 0.3) is 0 Å². The molecule has 4 nitrogen and oxygen atoms in total. The molecule has 1 N–H and O–H groups in total. The van der Waals surface area contributed by atoms with E-state index in [0.29, 0.717) is 6.54 Å². The molecule has 4 heteroatoms. The number of aryl methyl sites for hydroxylation is 1. The van der Waals surface area contributed by atoms with Gasteiger partial charge < -0.3 is 15.0 Å². The van der Waals surface area contributed by atoms with Gasteiger partial charge in [0, 0.05) is 31.5 Å². The van der Waals surface area contributed by atoms with E-state index in [4.69, 9.17) is 4.74 Å². The van der Waals surface area contributed by atoms with Gasteiger partial charge in [0.2, 0.25) is 5.91 Å². The van der Waals surface area contributed by atoms with Gasteiger partial charge in [-0.1, -0.05) is 24.6 Å². The minimum Gasteiger partial charge on any atom is -0.381 e. The molecule has 0 aromatic heterocycles. The van der Waals surface area contributed by atoms with E-state index in [-0.39, 0.29) is 11.9 Å². The number of nitrogens with one attached hydrogen (secondary N) is 1. The zero-order valence-electron chi connectivity index (χ0n) is 13.2. The van der Waals surface area contributed by atoms with Gasteiger partial charge in [-0.3, -0.25) is 4.79 Å². The normalized spacial score (nSPS) is 19.9. The van der Waals surface area contributed by atoms with Crippen LogP contribution in [0.4, 0.5) is 5.69 Å². The van der Waals surface area contributed by atoms with E-state index in [9.17, 15) is 4.79 Å². The molecule has 1 aromatic carbocycles. The lowest BCUT2D eigenvalue weighted by molar-refractivity contribution is -0.121. The average Bonchev–Trinajstić information content (AvgIpc) is 2.52. The summed E-state index contributed by atoms with van der Waals surface area (Å²) < 4.78 is 5.35. The van der Waals surface area contributed by atoms with E-state index in [1.165, 1.54) is 30.5 Å². The van der Waals surface area contributed by atoms with E-state index in [0.717, 1.165) is 39.0 Å². The molecule has 120 valence electrons. The Labute approximate surface area is 132 Å². The van der Waals surface area contributed by atoms with Crippen molar-refractivity contribution in [1.82, 2.24) is 5.32 Å². The highest BCUT2D eigenvalue weighted by atomic mass is 16.5. The van der Waals surface area contributed by atoms with Gasteiger partial charge in [0.15, 0.2) is 0 Å². The summed E-state index contributed by atoms with van der Waals surface area (Å²) in [5.74, 6) is 0.141. The molecule has 2 heterocycles. The number of nitrogens with zero attached hydrogens (tertiary/aromatic N) is 1. The first kappa shape index (κ1) is 15.3. The number of hydrogen-bond donors (Lipinski definition) is 1. The molecule has 1 saturated heterocycles. The summed E-state index contributed by atoms with van der Waals surface area (Å²) in [6, 6.07) is 8.81. The lowest BCUT2D eigenvalue weighted by Gasteiger charge is -2.30. The highest BCUT2D eigenvalue weighted by Crippen LogP contribution is 2.25. The third-order valence-electron chi connectivity index (χ3n) is 4.63. The van der Waals surface area contributed by atoms with Gasteiger partial charge in [0.25, 0.3) is 0 Å². The van der Waals surface area contributed by atoms with E-state index >= 15 is 0 Å². The zero-order chi connectivity index (χ0) is 15.2. The summed E-state index contributed by atoms with van der Waals surface area (Å²) in [6.07, 6.45) is 6.64. The molecule has 22 heavy (non-hydrogen) atoms. The predicted octanol–water partition coefficient (Wildman–Crippen LogP) is 2.51. The van der Waals surface area contributed by atoms with Crippen molar-refractivity contribution in [3.63, 3.8) is 0 Å². The summed E-state index contributed by atoms with van der Waals surface area (Å²) in [5.41, 5.74) is 2.62. The van der Waals surface area contributed by atoms with Crippen LogP contribution in [0, 0.1) is 0 Å². The Morgan fingerprint density at radius 2 is 2.00 bits per heavy atom. The summed E-state index contributed by atoms with van der Waals surface area (Å²) in [5, 5.41) is 3.17. The summed E-state index contributed by atoms with van der Waals surface area (Å²) >= 11 is 0. The Bertz CT molecular complexity index is 498. The molecule has 0 atom stereocenters. The quantitative estimate of drug-likeness (QED) is 0.933. The Kier molecular flexibility index (Phi) is 5.33. The number of benzene rings is 1. The summed E-state index contributed by atoms with van der Waals surface area (Å²) in [7, 11) is 0. The molecule has 0 radical (unpaired) electrons. The number of rotatable bonds is 3. The lowest BCUT2D eigenvalue weighted by Crippen LogP contribution is -2.44. The molecular formula is C18H26N2O2. The molecule has 1 amide bonds. The number of carbonyl (C=O) groups excluding carboxylic acids is 1. The first-order chi connectivity index (χ1) is 10.8. The van der Waals surface area contributed by atoms with Crippen LogP contribution in [-0.4, -0.2) is 38.3 Å². The van der Waals surface area contributed by atoms with Gasteiger partial charge in [0.1, 0.15) is 0 Å². The van der Waals surface area contributed by atoms with Crippen LogP contribution in [-0.2, 0) is 16.0 Å². The Hall–Kier alpha value is -1.55. The summed E-state index contributed by atoms with van der Waals surface area (Å²) in [6.45, 7) is 2.96. The second-order valence-corrected chi connectivity index (χ2v) is 6.32. The van der Waals surface area contributed by atoms with Crippen molar-refractivity contribution in [1.29, 1.82) is 0 Å². The average molecular weight is 302 g/mol. The minimum absolute atomic E-state index is 0.141. The number of para-hydroxylation sites is 1.